The summed E-state index contributed by atoms with van der Waals surface area (Å²) in [6, 6.07) is 0. The molecule has 0 rings (SSSR count). The van der Waals surface area contributed by atoms with Crippen molar-refractivity contribution < 1.29 is 0 Å². The third-order valence-corrected chi connectivity index (χ3v) is 3.56. The van der Waals surface area contributed by atoms with Gasteiger partial charge in [-0.25, -0.2) is 0 Å². The Morgan fingerprint density at radius 1 is 0.588 bits per heavy atom. The van der Waals surface area contributed by atoms with Crippen molar-refractivity contribution in [2.24, 2.45) is 0 Å². The Kier molecular flexibility index (Phi) is 16.2. The van der Waals surface area contributed by atoms with Crippen LogP contribution in [0.4, 0.5) is 0 Å². The Labute approximate surface area is 115 Å². The predicted octanol–water partition coefficient (Wildman–Crippen LogP) is 6.28. The number of hydrogen-bond donors (Lipinski definition) is 0. The molecule has 0 aliphatic carbocycles. The van der Waals surface area contributed by atoms with E-state index in [0.717, 1.165) is 12.8 Å². The highest BCUT2D eigenvalue weighted by atomic mass is 32.1. The highest BCUT2D eigenvalue weighted by Gasteiger charge is 1.93. The van der Waals surface area contributed by atoms with Gasteiger partial charge in [-0.2, -0.15) is 0 Å². The largest absolute Gasteiger partial charge is 0.0935 e. The number of rotatable bonds is 14. The average molecular weight is 255 g/mol. The third kappa shape index (κ3) is 16.1. The normalized spacial score (nSPS) is 10.6. The molecule has 0 nitrogen and oxygen atoms in total. The first kappa shape index (κ1) is 17.1. The molecule has 0 aromatic carbocycles. The summed E-state index contributed by atoms with van der Waals surface area (Å²) in [5.41, 5.74) is 0. The molecule has 1 radical (unpaired) electrons. The van der Waals surface area contributed by atoms with Crippen LogP contribution in [-0.4, -0.2) is 5.37 Å². The van der Waals surface area contributed by atoms with Gasteiger partial charge in [0.05, 0.1) is 0 Å². The van der Waals surface area contributed by atoms with Gasteiger partial charge < -0.3 is 0 Å². The van der Waals surface area contributed by atoms with Crippen LogP contribution < -0.4 is 0 Å². The van der Waals surface area contributed by atoms with Gasteiger partial charge in [-0.1, -0.05) is 96.2 Å². The quantitative estimate of drug-likeness (QED) is 0.260. The van der Waals surface area contributed by atoms with Crippen LogP contribution in [0.3, 0.4) is 0 Å². The lowest BCUT2D eigenvalue weighted by atomic mass is 10.0. The molecule has 0 aliphatic heterocycles. The van der Waals surface area contributed by atoms with E-state index in [-0.39, 0.29) is 0 Å². The molecule has 0 saturated carbocycles. The maximum atomic E-state index is 4.81. The van der Waals surface area contributed by atoms with Crippen molar-refractivity contribution in [3.05, 3.63) is 6.92 Å². The highest BCUT2D eigenvalue weighted by Crippen LogP contribution is 2.12. The Morgan fingerprint density at radius 3 is 1.29 bits per heavy atom. The second-order valence-electron chi connectivity index (χ2n) is 5.05. The van der Waals surface area contributed by atoms with E-state index in [9.17, 15) is 0 Å². The van der Waals surface area contributed by atoms with Crippen molar-refractivity contribution in [3.8, 4) is 0 Å². The summed E-state index contributed by atoms with van der Waals surface area (Å²) in [4.78, 5) is 0. The molecule has 0 bridgehead atoms. The van der Waals surface area contributed by atoms with Crippen molar-refractivity contribution in [1.29, 1.82) is 0 Å². The van der Waals surface area contributed by atoms with Gasteiger partial charge in [-0.15, -0.1) is 0 Å². The van der Waals surface area contributed by atoms with Crippen molar-refractivity contribution in [2.45, 2.75) is 89.9 Å². The fourth-order valence-electron chi connectivity index (χ4n) is 2.17. The van der Waals surface area contributed by atoms with Crippen LogP contribution in [0, 0.1) is 6.92 Å². The van der Waals surface area contributed by atoms with Gasteiger partial charge in [0.1, 0.15) is 0 Å². The summed E-state index contributed by atoms with van der Waals surface area (Å²) in [7, 11) is 0. The second kappa shape index (κ2) is 16.1. The summed E-state index contributed by atoms with van der Waals surface area (Å²) >= 11 is 4.81. The summed E-state index contributed by atoms with van der Waals surface area (Å²) in [5.74, 6) is 0. The molecule has 0 N–H and O–H groups in total. The van der Waals surface area contributed by atoms with Crippen LogP contribution in [-0.2, 0) is 0 Å². The minimum atomic E-state index is 1.11. The Bertz CT molecular complexity index is 142. The van der Waals surface area contributed by atoms with Crippen molar-refractivity contribution in [3.63, 3.8) is 0 Å². The van der Waals surface area contributed by atoms with Gasteiger partial charge in [0.25, 0.3) is 0 Å². The molecule has 101 valence electrons. The second-order valence-corrected chi connectivity index (χ2v) is 5.38. The van der Waals surface area contributed by atoms with Crippen LogP contribution in [0.25, 0.3) is 0 Å². The standard InChI is InChI=1S/C16H31S/c1-2-3-4-5-6-7-8-9-10-11-12-13-14-15-16-17/h16H,1-15H2. The summed E-state index contributed by atoms with van der Waals surface area (Å²) < 4.78 is 0. The Morgan fingerprint density at radius 2 is 0.941 bits per heavy atom. The smallest absolute Gasteiger partial charge is 0.0210 e. The molecule has 0 spiro atoms. The van der Waals surface area contributed by atoms with Gasteiger partial charge >= 0.3 is 0 Å². The average Bonchev–Trinajstić information content (AvgIpc) is 2.35. The van der Waals surface area contributed by atoms with Crippen LogP contribution in [0.5, 0.6) is 0 Å². The molecule has 17 heavy (non-hydrogen) atoms. The third-order valence-electron chi connectivity index (χ3n) is 3.32. The molecule has 0 heterocycles. The van der Waals surface area contributed by atoms with Gasteiger partial charge in [0, 0.05) is 0 Å². The first-order valence-electron chi connectivity index (χ1n) is 7.64. The topological polar surface area (TPSA) is 0 Å². The number of unbranched alkanes of at least 4 members (excludes halogenated alkanes) is 13. The number of hydrogen-bond acceptors (Lipinski definition) is 1. The molecule has 0 aromatic rings. The van der Waals surface area contributed by atoms with Crippen molar-refractivity contribution in [1.82, 2.24) is 0 Å². The summed E-state index contributed by atoms with van der Waals surface area (Å²) in [6.07, 6.45) is 19.1. The monoisotopic (exact) mass is 255 g/mol. The fourth-order valence-corrected chi connectivity index (χ4v) is 2.34. The molecule has 0 amide bonds. The maximum Gasteiger partial charge on any atom is -0.0210 e. The van der Waals surface area contributed by atoms with Crippen LogP contribution in [0.1, 0.15) is 89.9 Å². The maximum absolute atomic E-state index is 4.81. The van der Waals surface area contributed by atoms with E-state index < -0.39 is 0 Å². The summed E-state index contributed by atoms with van der Waals surface area (Å²) in [5, 5.41) is 1.87. The number of thiocarbonyl (C=S) groups is 1. The zero-order chi connectivity index (χ0) is 12.6. The van der Waals surface area contributed by atoms with Gasteiger partial charge in [0.2, 0.25) is 0 Å². The Hall–Kier alpha value is 0.0900. The van der Waals surface area contributed by atoms with Crippen molar-refractivity contribution in [2.75, 3.05) is 0 Å². The molecule has 0 aliphatic rings. The van der Waals surface area contributed by atoms with Crippen LogP contribution in [0.2, 0.25) is 0 Å². The molecular weight excluding hydrogens is 224 g/mol. The van der Waals surface area contributed by atoms with Crippen LogP contribution in [0.15, 0.2) is 0 Å². The minimum absolute atomic E-state index is 1.11. The lowest BCUT2D eigenvalue weighted by Gasteiger charge is -2.02. The van der Waals surface area contributed by atoms with E-state index in [4.69, 9.17) is 12.2 Å². The molecule has 0 saturated heterocycles. The minimum Gasteiger partial charge on any atom is -0.0935 e. The van der Waals surface area contributed by atoms with E-state index in [1.807, 2.05) is 5.37 Å². The molecule has 0 atom stereocenters. The van der Waals surface area contributed by atoms with Gasteiger partial charge in [-0.05, 0) is 18.2 Å². The fraction of sp³-hybridized carbons (Fsp3) is 0.875. The van der Waals surface area contributed by atoms with E-state index in [2.05, 4.69) is 6.92 Å². The molecule has 0 aromatic heterocycles. The van der Waals surface area contributed by atoms with E-state index >= 15 is 0 Å². The highest BCUT2D eigenvalue weighted by molar-refractivity contribution is 7.78. The molecule has 0 unspecified atom stereocenters. The zero-order valence-electron chi connectivity index (χ0n) is 11.6. The van der Waals surface area contributed by atoms with Crippen molar-refractivity contribution >= 4 is 17.6 Å². The molecular formula is C16H31S. The van der Waals surface area contributed by atoms with E-state index in [1.165, 1.54) is 77.0 Å². The lowest BCUT2D eigenvalue weighted by molar-refractivity contribution is 0.543. The zero-order valence-corrected chi connectivity index (χ0v) is 12.4. The Balaban J connectivity index is 2.87. The first-order valence-corrected chi connectivity index (χ1v) is 8.12. The van der Waals surface area contributed by atoms with Gasteiger partial charge in [-0.3, -0.25) is 0 Å². The summed E-state index contributed by atoms with van der Waals surface area (Å²) in [6.45, 7) is 3.87. The first-order chi connectivity index (χ1) is 8.41. The van der Waals surface area contributed by atoms with Gasteiger partial charge in [0.15, 0.2) is 0 Å². The van der Waals surface area contributed by atoms with E-state index in [0.29, 0.717) is 0 Å². The molecule has 1 heteroatoms. The SMILES string of the molecule is [CH2]CCCCCCCCCCCCCCC=S. The molecule has 0 fully saturated rings. The van der Waals surface area contributed by atoms with E-state index in [1.54, 1.807) is 0 Å². The van der Waals surface area contributed by atoms with Crippen LogP contribution >= 0.6 is 12.2 Å². The lowest BCUT2D eigenvalue weighted by Crippen LogP contribution is -1.83. The predicted molar refractivity (Wildman–Crippen MR) is 83.7 cm³/mol.